The van der Waals surface area contributed by atoms with Crippen LogP contribution in [0.25, 0.3) is 0 Å². The quantitative estimate of drug-likeness (QED) is 0.278. The van der Waals surface area contributed by atoms with Crippen molar-refractivity contribution in [2.24, 2.45) is 0 Å². The van der Waals surface area contributed by atoms with E-state index in [1.807, 2.05) is 0 Å². The van der Waals surface area contributed by atoms with Gasteiger partial charge < -0.3 is 14.8 Å². The topological polar surface area (TPSA) is 131 Å². The number of anilines is 1. The SMILES string of the molecule is C=COCCOCCCCCC(=O)Nc1cccc2c1C(=O)N(C1CCC(=O)NC1=O)C2=O. The maximum Gasteiger partial charge on any atom is 0.264 e. The first kappa shape index (κ1) is 24.1. The molecule has 3 rings (SSSR count). The molecule has 0 radical (unpaired) electrons. The molecule has 0 aromatic heterocycles. The van der Waals surface area contributed by atoms with Crippen LogP contribution >= 0.6 is 0 Å². The van der Waals surface area contributed by atoms with E-state index in [0.29, 0.717) is 26.2 Å². The molecule has 2 N–H and O–H groups in total. The molecule has 1 aromatic rings. The molecule has 176 valence electrons. The summed E-state index contributed by atoms with van der Waals surface area (Å²) in [4.78, 5) is 62.7. The number of nitrogens with one attached hydrogen (secondary N) is 2. The number of carbonyl (C=O) groups is 5. The molecule has 1 atom stereocenters. The molecule has 0 saturated carbocycles. The van der Waals surface area contributed by atoms with Crippen molar-refractivity contribution in [3.05, 3.63) is 42.2 Å². The predicted octanol–water partition coefficient (Wildman–Crippen LogP) is 1.76. The van der Waals surface area contributed by atoms with Gasteiger partial charge in [-0.1, -0.05) is 19.1 Å². The van der Waals surface area contributed by atoms with Crippen molar-refractivity contribution in [3.8, 4) is 0 Å². The second kappa shape index (κ2) is 11.4. The number of rotatable bonds is 12. The summed E-state index contributed by atoms with van der Waals surface area (Å²) in [7, 11) is 0. The van der Waals surface area contributed by atoms with Crippen LogP contribution in [0.5, 0.6) is 0 Å². The third-order valence-corrected chi connectivity index (χ3v) is 5.40. The van der Waals surface area contributed by atoms with Crippen LogP contribution in [0.15, 0.2) is 31.0 Å². The number of hydrogen-bond acceptors (Lipinski definition) is 7. The molecule has 0 aliphatic carbocycles. The summed E-state index contributed by atoms with van der Waals surface area (Å²) in [6, 6.07) is 3.55. The highest BCUT2D eigenvalue weighted by Gasteiger charge is 2.45. The van der Waals surface area contributed by atoms with Crippen LogP contribution in [0.2, 0.25) is 0 Å². The molecule has 1 unspecified atom stereocenters. The van der Waals surface area contributed by atoms with Crippen LogP contribution in [-0.4, -0.2) is 60.3 Å². The monoisotopic (exact) mass is 457 g/mol. The minimum Gasteiger partial charge on any atom is -0.499 e. The van der Waals surface area contributed by atoms with E-state index in [0.717, 1.165) is 17.7 Å². The molecule has 33 heavy (non-hydrogen) atoms. The van der Waals surface area contributed by atoms with Crippen LogP contribution < -0.4 is 10.6 Å². The average molecular weight is 457 g/mol. The zero-order chi connectivity index (χ0) is 23.8. The molecule has 0 bridgehead atoms. The Labute approximate surface area is 191 Å². The molecule has 0 spiro atoms. The van der Waals surface area contributed by atoms with Crippen molar-refractivity contribution < 1.29 is 33.4 Å². The Morgan fingerprint density at radius 2 is 1.94 bits per heavy atom. The van der Waals surface area contributed by atoms with Gasteiger partial charge in [0, 0.05) is 19.4 Å². The van der Waals surface area contributed by atoms with Crippen LogP contribution in [0.1, 0.15) is 59.2 Å². The van der Waals surface area contributed by atoms with Gasteiger partial charge in [-0.2, -0.15) is 0 Å². The zero-order valence-corrected chi connectivity index (χ0v) is 18.3. The molecule has 2 heterocycles. The Balaban J connectivity index is 1.53. The van der Waals surface area contributed by atoms with Crippen LogP contribution in [0, 0.1) is 0 Å². The normalized spacial score (nSPS) is 17.6. The van der Waals surface area contributed by atoms with Gasteiger partial charge in [0.05, 0.1) is 29.7 Å². The van der Waals surface area contributed by atoms with Crippen LogP contribution in [0.4, 0.5) is 5.69 Å². The van der Waals surface area contributed by atoms with Gasteiger partial charge in [-0.05, 0) is 31.4 Å². The lowest BCUT2D eigenvalue weighted by Crippen LogP contribution is -2.54. The van der Waals surface area contributed by atoms with Gasteiger partial charge in [0.15, 0.2) is 0 Å². The summed E-state index contributed by atoms with van der Waals surface area (Å²) in [6.07, 6.45) is 3.97. The fourth-order valence-corrected chi connectivity index (χ4v) is 3.79. The molecule has 10 heteroatoms. The summed E-state index contributed by atoms with van der Waals surface area (Å²) in [5.41, 5.74) is 0.423. The summed E-state index contributed by atoms with van der Waals surface area (Å²) in [6.45, 7) is 4.95. The second-order valence-electron chi connectivity index (χ2n) is 7.68. The van der Waals surface area contributed by atoms with Gasteiger partial charge in [-0.3, -0.25) is 34.2 Å². The average Bonchev–Trinajstić information content (AvgIpc) is 3.04. The molecule has 2 aliphatic rings. The molecular formula is C23H27N3O7. The highest BCUT2D eigenvalue weighted by Crippen LogP contribution is 2.32. The van der Waals surface area contributed by atoms with Crippen molar-refractivity contribution >= 4 is 35.2 Å². The Morgan fingerprint density at radius 3 is 2.70 bits per heavy atom. The number of benzene rings is 1. The molecule has 1 saturated heterocycles. The summed E-state index contributed by atoms with van der Waals surface area (Å²) < 4.78 is 10.3. The lowest BCUT2D eigenvalue weighted by molar-refractivity contribution is -0.136. The fourth-order valence-electron chi connectivity index (χ4n) is 3.79. The Kier molecular flexibility index (Phi) is 8.31. The van der Waals surface area contributed by atoms with E-state index in [4.69, 9.17) is 9.47 Å². The zero-order valence-electron chi connectivity index (χ0n) is 18.3. The first-order valence-electron chi connectivity index (χ1n) is 10.9. The number of imide groups is 2. The minimum atomic E-state index is -1.05. The number of unbranched alkanes of at least 4 members (excludes halogenated alkanes) is 2. The molecular weight excluding hydrogens is 430 g/mol. The lowest BCUT2D eigenvalue weighted by atomic mass is 10.0. The predicted molar refractivity (Wildman–Crippen MR) is 117 cm³/mol. The summed E-state index contributed by atoms with van der Waals surface area (Å²) in [5.74, 6) is -2.65. The number of nitrogens with zero attached hydrogens (tertiary/aromatic N) is 1. The first-order valence-corrected chi connectivity index (χ1v) is 10.9. The smallest absolute Gasteiger partial charge is 0.264 e. The second-order valence-corrected chi connectivity index (χ2v) is 7.68. The maximum absolute atomic E-state index is 13.0. The van der Waals surface area contributed by atoms with Crippen molar-refractivity contribution in [2.45, 2.75) is 44.6 Å². The molecule has 2 aliphatic heterocycles. The highest BCUT2D eigenvalue weighted by atomic mass is 16.5. The van der Waals surface area contributed by atoms with Gasteiger partial charge in [-0.15, -0.1) is 0 Å². The van der Waals surface area contributed by atoms with Crippen LogP contribution in [-0.2, 0) is 23.9 Å². The van der Waals surface area contributed by atoms with Gasteiger partial charge in [0.1, 0.15) is 12.6 Å². The Bertz CT molecular complexity index is 959. The largest absolute Gasteiger partial charge is 0.499 e. The summed E-state index contributed by atoms with van der Waals surface area (Å²) in [5, 5.41) is 4.87. The van der Waals surface area contributed by atoms with Gasteiger partial charge in [0.25, 0.3) is 11.8 Å². The number of fused-ring (bicyclic) bond motifs is 1. The van der Waals surface area contributed by atoms with Crippen molar-refractivity contribution in [2.75, 3.05) is 25.1 Å². The molecule has 1 fully saturated rings. The van der Waals surface area contributed by atoms with E-state index in [2.05, 4.69) is 17.2 Å². The molecule has 10 nitrogen and oxygen atoms in total. The van der Waals surface area contributed by atoms with E-state index in [1.54, 1.807) is 12.1 Å². The number of piperidine rings is 1. The number of amides is 5. The van der Waals surface area contributed by atoms with Crippen molar-refractivity contribution in [1.82, 2.24) is 10.2 Å². The fraction of sp³-hybridized carbons (Fsp3) is 0.435. The highest BCUT2D eigenvalue weighted by molar-refractivity contribution is 6.26. The van der Waals surface area contributed by atoms with Gasteiger partial charge >= 0.3 is 0 Å². The molecule has 5 amide bonds. The van der Waals surface area contributed by atoms with Gasteiger partial charge in [0.2, 0.25) is 17.7 Å². The van der Waals surface area contributed by atoms with Gasteiger partial charge in [-0.25, -0.2) is 0 Å². The third-order valence-electron chi connectivity index (χ3n) is 5.40. The minimum absolute atomic E-state index is 0.0427. The van der Waals surface area contributed by atoms with E-state index < -0.39 is 29.7 Å². The standard InChI is InChI=1S/C23H27N3O7/c1-2-32-13-14-33-12-5-3-4-9-18(27)24-16-8-6-7-15-20(16)23(31)26(22(15)30)17-10-11-19(28)25-21(17)29/h2,6-8,17H,1,3-5,9-14H2,(H,24,27)(H,25,28,29). The Morgan fingerprint density at radius 1 is 1.12 bits per heavy atom. The van der Waals surface area contributed by atoms with Crippen molar-refractivity contribution in [3.63, 3.8) is 0 Å². The number of hydrogen-bond donors (Lipinski definition) is 2. The van der Waals surface area contributed by atoms with E-state index in [9.17, 15) is 24.0 Å². The number of carbonyl (C=O) groups excluding carboxylic acids is 5. The maximum atomic E-state index is 13.0. The molecule has 1 aromatic carbocycles. The van der Waals surface area contributed by atoms with E-state index in [-0.39, 0.29) is 42.0 Å². The number of ether oxygens (including phenoxy) is 2. The lowest BCUT2D eigenvalue weighted by Gasteiger charge is -2.27. The first-order chi connectivity index (χ1) is 15.9. The third kappa shape index (κ3) is 5.83. The van der Waals surface area contributed by atoms with Crippen LogP contribution in [0.3, 0.4) is 0 Å². The summed E-state index contributed by atoms with van der Waals surface area (Å²) >= 11 is 0. The van der Waals surface area contributed by atoms with E-state index >= 15 is 0 Å². The Hall–Kier alpha value is -3.53. The van der Waals surface area contributed by atoms with E-state index in [1.165, 1.54) is 12.3 Å². The van der Waals surface area contributed by atoms with Crippen molar-refractivity contribution in [1.29, 1.82) is 0 Å².